The monoisotopic (exact) mass is 1380 g/mol. The second kappa shape index (κ2) is 45.5. The molecule has 0 saturated heterocycles. The van der Waals surface area contributed by atoms with Crippen LogP contribution in [0.2, 0.25) is 0 Å². The third-order valence-electron chi connectivity index (χ3n) is 11.9. The maximum absolute atomic E-state index is 11.5. The highest BCUT2D eigenvalue weighted by atomic mass is 79.9. The number of rotatable bonds is 24. The molecule has 1 amide bonds. The number of aliphatic carboxylic acids is 1. The minimum Gasteiger partial charge on any atom is -0.508 e. The van der Waals surface area contributed by atoms with Crippen LogP contribution in [-0.4, -0.2) is 92.4 Å². The summed E-state index contributed by atoms with van der Waals surface area (Å²) < 4.78 is 58.8. The summed E-state index contributed by atoms with van der Waals surface area (Å²) in [6.07, 6.45) is 8.37. The van der Waals surface area contributed by atoms with Crippen LogP contribution >= 0.6 is 39.1 Å². The zero-order chi connectivity index (χ0) is 68.2. The Morgan fingerprint density at radius 2 is 0.742 bits per heavy atom. The van der Waals surface area contributed by atoms with Gasteiger partial charge in [0.2, 0.25) is 20.4 Å². The first kappa shape index (κ1) is 77.5. The van der Waals surface area contributed by atoms with E-state index < -0.39 is 11.9 Å². The van der Waals surface area contributed by atoms with Crippen molar-refractivity contribution >= 4 is 75.2 Å². The molecule has 0 aliphatic rings. The zero-order valence-corrected chi connectivity index (χ0v) is 56.2. The molecule has 0 unspecified atom stereocenters. The largest absolute Gasteiger partial charge is 0.508 e. The predicted molar refractivity (Wildman–Crippen MR) is 367 cm³/mol. The lowest BCUT2D eigenvalue weighted by molar-refractivity contribution is -0.137. The summed E-state index contributed by atoms with van der Waals surface area (Å²) in [6.45, 7) is 12.0. The number of amides is 1. The van der Waals surface area contributed by atoms with Gasteiger partial charge in [-0.3, -0.25) is 10.0 Å². The van der Waals surface area contributed by atoms with E-state index in [0.29, 0.717) is 62.8 Å². The van der Waals surface area contributed by atoms with Crippen LogP contribution in [0.4, 0.5) is 0 Å². The van der Waals surface area contributed by atoms with Gasteiger partial charge in [0.1, 0.15) is 63.2 Å². The molecule has 0 saturated carbocycles. The molecule has 0 aliphatic heterocycles. The normalized spacial score (nSPS) is 10.1. The number of phenolic OH excluding ortho intramolecular Hbond substituents is 1. The molecule has 21 heteroatoms. The van der Waals surface area contributed by atoms with Gasteiger partial charge in [-0.25, -0.2) is 15.1 Å². The van der Waals surface area contributed by atoms with Crippen LogP contribution in [0.25, 0.3) is 18.2 Å². The number of halogens is 3. The number of methoxy groups -OCH3 is 3. The Labute approximate surface area is 562 Å². The number of hydrogen-bond donors (Lipinski definition) is 4. The number of carbonyl (C=O) groups is 3. The molecule has 0 heterocycles. The van der Waals surface area contributed by atoms with Crippen molar-refractivity contribution in [2.45, 2.75) is 41.5 Å². The highest BCUT2D eigenvalue weighted by Gasteiger charge is 2.08. The van der Waals surface area contributed by atoms with Gasteiger partial charge in [-0.2, -0.15) is 0 Å². The fourth-order valence-electron chi connectivity index (χ4n) is 7.17. The number of alkyl halides is 3. The number of hydrogen-bond acceptors (Lipinski definition) is 16. The van der Waals surface area contributed by atoms with Crippen molar-refractivity contribution in [3.8, 4) is 63.2 Å². The van der Waals surface area contributed by atoms with Crippen LogP contribution in [0.1, 0.15) is 51.4 Å². The molecule has 0 atom stereocenters. The molecule has 0 radical (unpaired) electrons. The van der Waals surface area contributed by atoms with Crippen LogP contribution in [-0.2, 0) is 19.1 Å². The molecule has 494 valence electrons. The van der Waals surface area contributed by atoms with Gasteiger partial charge in [0.15, 0.2) is 6.07 Å². The first-order valence-electron chi connectivity index (χ1n) is 28.4. The number of benzene rings is 8. The summed E-state index contributed by atoms with van der Waals surface area (Å²) in [5.74, 6) is 5.16. The first-order chi connectivity index (χ1) is 44.8. The Morgan fingerprint density at radius 3 is 1.05 bits per heavy atom. The van der Waals surface area contributed by atoms with E-state index in [0.717, 1.165) is 51.3 Å². The summed E-state index contributed by atoms with van der Waals surface area (Å²) in [4.78, 5) is 33.7. The van der Waals surface area contributed by atoms with Crippen molar-refractivity contribution in [2.75, 3.05) is 59.2 Å². The van der Waals surface area contributed by atoms with E-state index in [1.54, 1.807) is 119 Å². The molecule has 93 heavy (non-hydrogen) atoms. The number of nitrogens with one attached hydrogen (secondary N) is 1. The van der Waals surface area contributed by atoms with Gasteiger partial charge in [0.05, 0.1) is 32.7 Å². The molecule has 0 spiro atoms. The number of aryl methyl sites for hydroxylation is 5. The number of hydroxylamine groups is 1. The van der Waals surface area contributed by atoms with E-state index in [4.69, 9.17) is 90.7 Å². The average Bonchev–Trinajstić information content (AvgIpc) is 2.18. The van der Waals surface area contributed by atoms with Crippen LogP contribution in [0.15, 0.2) is 194 Å². The smallest absolute Gasteiger partial charge is 0.330 e. The molecular weight excluding hydrogens is 1300 g/mol. The molecule has 8 rings (SSSR count). The Balaban J connectivity index is 0.000000315. The topological polar surface area (TPSA) is 225 Å². The Hall–Kier alpha value is -9.79. The van der Waals surface area contributed by atoms with Gasteiger partial charge in [-0.1, -0.05) is 99.3 Å². The molecule has 18 nitrogen and oxygen atoms in total. The minimum absolute atomic E-state index is 0.0167. The standard InChI is InChI=1S/C20H22O5.C18H19NO5.C18H18O5.C8H9ClO.C7H8O.CH2BrCl/c1-4-23-20(21)12-7-16-6-5-15(2)13-19(16)25-14-24-18-10-8-17(22-3)9-11-18;1-13-3-4-14(5-10-18(20)19-21)17(11-13)24-12-23-16-8-6-15(22-2)7-9-16;1-13-3-4-14(5-10-18(19)20)17(11-13)23-12-22-16-8-6-15(21-2)7-9-16;1-7-2-4-8(5-3-7)10-6-9;1-6-2-4-7(8)5-3-6;2-1-3/h5-13H,4,14H2,1-3H3;3-11,21H,12H2,1-2H3,(H,19,20);3-11H,12H2,1-2H3,(H,19,20);2-5H,6H2,1H3;2-5,8H,1H3;1H2/b12-7+;2*10-5+;;;. The second-order valence-corrected chi connectivity index (χ2v) is 20.6. The first-order valence-corrected chi connectivity index (χ1v) is 30.6. The highest BCUT2D eigenvalue weighted by Crippen LogP contribution is 2.27. The summed E-state index contributed by atoms with van der Waals surface area (Å²) in [6, 6.07) is 53.4. The lowest BCUT2D eigenvalue weighted by atomic mass is 10.1. The van der Waals surface area contributed by atoms with Crippen molar-refractivity contribution in [3.05, 3.63) is 239 Å². The number of aromatic hydroxyl groups is 1. The molecule has 0 aromatic heterocycles. The number of carboxylic acid groups (broad SMARTS) is 1. The van der Waals surface area contributed by atoms with Gasteiger partial charge in [0, 0.05) is 34.9 Å². The summed E-state index contributed by atoms with van der Waals surface area (Å²) >= 11 is 13.2. The fraction of sp³-hybridized carbons (Fsp3) is 0.208. The quantitative estimate of drug-likeness (QED) is 0.0110. The fourth-order valence-corrected chi connectivity index (χ4v) is 7.29. The van der Waals surface area contributed by atoms with Crippen molar-refractivity contribution in [2.24, 2.45) is 0 Å². The maximum Gasteiger partial charge on any atom is 0.330 e. The molecule has 0 aliphatic carbocycles. The van der Waals surface area contributed by atoms with Gasteiger partial charge in [-0.15, -0.1) is 11.6 Å². The zero-order valence-electron chi connectivity index (χ0n) is 53.1. The van der Waals surface area contributed by atoms with E-state index in [-0.39, 0.29) is 32.4 Å². The maximum atomic E-state index is 11.5. The van der Waals surface area contributed by atoms with Crippen molar-refractivity contribution in [1.82, 2.24) is 5.48 Å². The number of carbonyl (C=O) groups excluding carboxylic acids is 2. The minimum atomic E-state index is -1.01. The highest BCUT2D eigenvalue weighted by molar-refractivity contribution is 9.09. The molecule has 0 fully saturated rings. The number of phenols is 1. The third kappa shape index (κ3) is 33.2. The Bertz CT molecular complexity index is 3510. The SMILES string of the molecule is CCOC(=O)/C=C/c1ccc(C)cc1OCOc1ccc(OC)cc1.COc1ccc(OCOc2cc(C)ccc2/C=C/C(=O)NO)cc1.COc1ccc(OCOc2cc(C)ccc2/C=C/C(=O)O)cc1.Cc1ccc(O)cc1.Cc1ccc(OCCl)cc1.ClCBr. The summed E-state index contributed by atoms with van der Waals surface area (Å²) in [5, 5.41) is 26.0. The van der Waals surface area contributed by atoms with E-state index in [2.05, 4.69) is 15.9 Å². The van der Waals surface area contributed by atoms with Crippen molar-refractivity contribution in [3.63, 3.8) is 0 Å². The molecular formula is C72H78BrCl2NO17. The predicted octanol–water partition coefficient (Wildman–Crippen LogP) is 16.3. The van der Waals surface area contributed by atoms with Gasteiger partial charge in [0.25, 0.3) is 5.91 Å². The Morgan fingerprint density at radius 1 is 0.441 bits per heavy atom. The van der Waals surface area contributed by atoms with Gasteiger partial charge < -0.3 is 62.3 Å². The third-order valence-corrected chi connectivity index (χ3v) is 12.0. The molecule has 8 aromatic rings. The molecule has 8 aromatic carbocycles. The van der Waals surface area contributed by atoms with Crippen LogP contribution in [0.5, 0.6) is 63.2 Å². The number of ether oxygens (including phenoxy) is 11. The van der Waals surface area contributed by atoms with Crippen LogP contribution in [0.3, 0.4) is 0 Å². The van der Waals surface area contributed by atoms with Gasteiger partial charge in [-0.05, 0) is 192 Å². The molecule has 0 bridgehead atoms. The van der Waals surface area contributed by atoms with Crippen molar-refractivity contribution < 1.29 is 81.9 Å². The summed E-state index contributed by atoms with van der Waals surface area (Å²) in [5.41, 5.74) is 9.15. The Kier molecular flexibility index (Phi) is 37.9. The number of carboxylic acids is 1. The van der Waals surface area contributed by atoms with E-state index in [9.17, 15) is 14.4 Å². The lowest BCUT2D eigenvalue weighted by Gasteiger charge is -2.12. The van der Waals surface area contributed by atoms with Crippen molar-refractivity contribution in [1.29, 1.82) is 0 Å². The average molecular weight is 1380 g/mol. The second-order valence-electron chi connectivity index (χ2n) is 18.9. The van der Waals surface area contributed by atoms with E-state index in [1.807, 2.05) is 132 Å². The number of esters is 1. The van der Waals surface area contributed by atoms with Crippen LogP contribution in [0, 0.1) is 34.6 Å². The lowest BCUT2D eigenvalue weighted by Crippen LogP contribution is -2.14. The van der Waals surface area contributed by atoms with Crippen LogP contribution < -0.4 is 52.8 Å². The van der Waals surface area contributed by atoms with E-state index in [1.165, 1.54) is 34.8 Å². The molecule has 4 N–H and O–H groups in total. The van der Waals surface area contributed by atoms with E-state index >= 15 is 0 Å². The summed E-state index contributed by atoms with van der Waals surface area (Å²) in [7, 11) is 4.81. The van der Waals surface area contributed by atoms with Gasteiger partial charge >= 0.3 is 11.9 Å².